The zero-order valence-electron chi connectivity index (χ0n) is 4.78. The Morgan fingerprint density at radius 1 is 1.38 bits per heavy atom. The van der Waals surface area contributed by atoms with E-state index in [1.54, 1.807) is 5.57 Å². The maximum atomic E-state index is 3.23. The summed E-state index contributed by atoms with van der Waals surface area (Å²) in [6.45, 7) is 0. The Labute approximate surface area is 49.2 Å². The zero-order valence-corrected chi connectivity index (χ0v) is 4.78. The van der Waals surface area contributed by atoms with Gasteiger partial charge in [0, 0.05) is 0 Å². The lowest BCUT2D eigenvalue weighted by Crippen LogP contribution is -1.72. The second-order valence-electron chi connectivity index (χ2n) is 2.42. The molecule has 8 heavy (non-hydrogen) atoms. The van der Waals surface area contributed by atoms with Crippen LogP contribution in [0.1, 0.15) is 19.3 Å². The van der Waals surface area contributed by atoms with E-state index in [-0.39, 0.29) is 0 Å². The van der Waals surface area contributed by atoms with E-state index in [2.05, 4.69) is 11.8 Å². The molecule has 40 valence electrons. The van der Waals surface area contributed by atoms with Gasteiger partial charge in [0.05, 0.1) is 0 Å². The molecule has 2 aliphatic rings. The predicted octanol–water partition coefficient (Wildman–Crippen LogP) is 2.19. The highest BCUT2D eigenvalue weighted by Gasteiger charge is 2.12. The van der Waals surface area contributed by atoms with E-state index in [9.17, 15) is 0 Å². The molecule has 0 atom stereocenters. The maximum absolute atomic E-state index is 3.23. The Balaban J connectivity index is 2.55. The molecule has 0 spiro atoms. The minimum Gasteiger partial charge on any atom is -0.121 e. The van der Waals surface area contributed by atoms with Crippen LogP contribution in [0.3, 0.4) is 0 Å². The summed E-state index contributed by atoms with van der Waals surface area (Å²) in [5.41, 5.74) is 6.32. The monoisotopic (exact) mass is 104 g/mol. The van der Waals surface area contributed by atoms with Crippen LogP contribution >= 0.6 is 0 Å². The highest BCUT2D eigenvalue weighted by atomic mass is 14.2. The third kappa shape index (κ3) is 0.469. The SMILES string of the molecule is C1=CC=C2CCC=1C2. The summed E-state index contributed by atoms with van der Waals surface area (Å²) in [5, 5.41) is 0. The standard InChI is InChI=1S/C8H8/c1-2-7-4-5-8(3-1)6-7/h1-2H,4-6H2. The Hall–Kier alpha value is -0.740. The van der Waals surface area contributed by atoms with Crippen molar-refractivity contribution in [3.8, 4) is 0 Å². The third-order valence-electron chi connectivity index (χ3n) is 1.79. The van der Waals surface area contributed by atoms with Crippen LogP contribution in [0.2, 0.25) is 0 Å². The van der Waals surface area contributed by atoms with Crippen LogP contribution in [0.4, 0.5) is 0 Å². The van der Waals surface area contributed by atoms with E-state index in [0.29, 0.717) is 0 Å². The molecule has 0 radical (unpaired) electrons. The summed E-state index contributed by atoms with van der Waals surface area (Å²) in [7, 11) is 0. The molecule has 0 aromatic carbocycles. The van der Waals surface area contributed by atoms with Crippen LogP contribution in [0.15, 0.2) is 29.0 Å². The van der Waals surface area contributed by atoms with Crippen LogP contribution in [-0.4, -0.2) is 0 Å². The van der Waals surface area contributed by atoms with Gasteiger partial charge in [-0.25, -0.2) is 0 Å². The van der Waals surface area contributed by atoms with Crippen molar-refractivity contribution in [2.45, 2.75) is 19.3 Å². The minimum atomic E-state index is 1.22. The Bertz CT molecular complexity index is 200. The molecule has 0 aromatic heterocycles. The van der Waals surface area contributed by atoms with E-state index in [1.807, 2.05) is 6.08 Å². The summed E-state index contributed by atoms with van der Waals surface area (Å²) in [6.07, 6.45) is 8.01. The highest BCUT2D eigenvalue weighted by molar-refractivity contribution is 5.31. The van der Waals surface area contributed by atoms with Crippen molar-refractivity contribution in [1.29, 1.82) is 0 Å². The van der Waals surface area contributed by atoms with Gasteiger partial charge in [0.1, 0.15) is 0 Å². The Kier molecular flexibility index (Phi) is 0.712. The second kappa shape index (κ2) is 1.37. The molecule has 2 rings (SSSR count). The molecule has 0 saturated heterocycles. The molecular weight excluding hydrogens is 96.1 g/mol. The fraction of sp³-hybridized carbons (Fsp3) is 0.375. The molecule has 0 aliphatic heterocycles. The first kappa shape index (κ1) is 4.17. The lowest BCUT2D eigenvalue weighted by Gasteiger charge is -1.91. The average Bonchev–Trinajstić information content (AvgIpc) is 2.12. The molecular formula is C8H8. The van der Waals surface area contributed by atoms with Gasteiger partial charge in [0.25, 0.3) is 0 Å². The van der Waals surface area contributed by atoms with Crippen molar-refractivity contribution in [2.24, 2.45) is 0 Å². The van der Waals surface area contributed by atoms with Crippen molar-refractivity contribution in [3.05, 3.63) is 29.0 Å². The van der Waals surface area contributed by atoms with E-state index in [4.69, 9.17) is 0 Å². The van der Waals surface area contributed by atoms with Crippen LogP contribution in [0.25, 0.3) is 0 Å². The number of hydrogen-bond acceptors (Lipinski definition) is 0. The Morgan fingerprint density at radius 3 is 3.12 bits per heavy atom. The van der Waals surface area contributed by atoms with Crippen molar-refractivity contribution in [2.75, 3.05) is 0 Å². The molecule has 0 unspecified atom stereocenters. The van der Waals surface area contributed by atoms with Crippen molar-refractivity contribution in [3.63, 3.8) is 0 Å². The quantitative estimate of drug-likeness (QED) is 0.413. The van der Waals surface area contributed by atoms with Gasteiger partial charge in [-0.2, -0.15) is 0 Å². The largest absolute Gasteiger partial charge is 0.121 e. The van der Waals surface area contributed by atoms with Gasteiger partial charge in [0.2, 0.25) is 0 Å². The topological polar surface area (TPSA) is 0 Å². The van der Waals surface area contributed by atoms with Crippen LogP contribution in [0.5, 0.6) is 0 Å². The summed E-state index contributed by atoms with van der Waals surface area (Å²) >= 11 is 0. The summed E-state index contributed by atoms with van der Waals surface area (Å²) in [4.78, 5) is 0. The van der Waals surface area contributed by atoms with Gasteiger partial charge >= 0.3 is 0 Å². The van der Waals surface area contributed by atoms with Gasteiger partial charge in [-0.05, 0) is 30.9 Å². The molecule has 1 fully saturated rings. The summed E-state index contributed by atoms with van der Waals surface area (Å²) in [5.74, 6) is 0. The van der Waals surface area contributed by atoms with Gasteiger partial charge in [0.15, 0.2) is 0 Å². The van der Waals surface area contributed by atoms with Crippen LogP contribution in [0, 0.1) is 0 Å². The van der Waals surface area contributed by atoms with Crippen molar-refractivity contribution >= 4 is 0 Å². The molecule has 1 saturated carbocycles. The number of rotatable bonds is 0. The molecule has 0 amide bonds. The van der Waals surface area contributed by atoms with Crippen LogP contribution < -0.4 is 0 Å². The minimum absolute atomic E-state index is 1.22. The molecule has 2 bridgehead atoms. The van der Waals surface area contributed by atoms with Gasteiger partial charge in [-0.15, -0.1) is 5.73 Å². The lowest BCUT2D eigenvalue weighted by atomic mass is 10.1. The average molecular weight is 104 g/mol. The summed E-state index contributed by atoms with van der Waals surface area (Å²) in [6, 6.07) is 0. The van der Waals surface area contributed by atoms with E-state index >= 15 is 0 Å². The first-order chi connectivity index (χ1) is 3.95. The smallest absolute Gasteiger partial charge is 0.00286 e. The first-order valence-corrected chi connectivity index (χ1v) is 3.07. The molecule has 0 aromatic rings. The molecule has 0 N–H and O–H groups in total. The van der Waals surface area contributed by atoms with Gasteiger partial charge in [-0.1, -0.05) is 11.6 Å². The van der Waals surface area contributed by atoms with E-state index in [0.717, 1.165) is 0 Å². The highest BCUT2D eigenvalue weighted by Crippen LogP contribution is 2.30. The summed E-state index contributed by atoms with van der Waals surface area (Å²) < 4.78 is 0. The zero-order chi connectivity index (χ0) is 5.40. The predicted molar refractivity (Wildman–Crippen MR) is 33.5 cm³/mol. The number of fused-ring (bicyclic) bond motifs is 2. The maximum Gasteiger partial charge on any atom is -0.00286 e. The van der Waals surface area contributed by atoms with Crippen LogP contribution in [-0.2, 0) is 0 Å². The van der Waals surface area contributed by atoms with Gasteiger partial charge < -0.3 is 0 Å². The van der Waals surface area contributed by atoms with E-state index < -0.39 is 0 Å². The van der Waals surface area contributed by atoms with Gasteiger partial charge in [-0.3, -0.25) is 0 Å². The van der Waals surface area contributed by atoms with Crippen molar-refractivity contribution in [1.82, 2.24) is 0 Å². The lowest BCUT2D eigenvalue weighted by molar-refractivity contribution is 1.06. The fourth-order valence-electron chi connectivity index (χ4n) is 1.31. The van der Waals surface area contributed by atoms with E-state index in [1.165, 1.54) is 24.8 Å². The molecule has 0 heterocycles. The molecule has 0 nitrogen and oxygen atoms in total. The third-order valence-corrected chi connectivity index (χ3v) is 1.79. The second-order valence-corrected chi connectivity index (χ2v) is 2.42. The Morgan fingerprint density at radius 2 is 2.38 bits per heavy atom. The fourth-order valence-corrected chi connectivity index (χ4v) is 1.31. The normalized spacial score (nSPS) is 23.0. The molecule has 2 aliphatic carbocycles. The number of hydrogen-bond donors (Lipinski definition) is 0. The number of allylic oxidation sites excluding steroid dienone is 3. The first-order valence-electron chi connectivity index (χ1n) is 3.07. The molecule has 0 heteroatoms. The van der Waals surface area contributed by atoms with Crippen molar-refractivity contribution < 1.29 is 0 Å².